The fourth-order valence-corrected chi connectivity index (χ4v) is 2.17. The van der Waals surface area contributed by atoms with Crippen molar-refractivity contribution < 1.29 is 22.7 Å². The van der Waals surface area contributed by atoms with Gasteiger partial charge in [-0.05, 0) is 5.56 Å². The van der Waals surface area contributed by atoms with Crippen LogP contribution in [0.3, 0.4) is 0 Å². The summed E-state index contributed by atoms with van der Waals surface area (Å²) < 4.78 is 45.8. The van der Waals surface area contributed by atoms with E-state index in [9.17, 15) is 18.0 Å². The van der Waals surface area contributed by atoms with Gasteiger partial charge >= 0.3 is 6.18 Å². The maximum Gasteiger partial charge on any atom is 0.418 e. The van der Waals surface area contributed by atoms with Gasteiger partial charge < -0.3 is 14.6 Å². The summed E-state index contributed by atoms with van der Waals surface area (Å²) in [5, 5.41) is 2.52. The van der Waals surface area contributed by atoms with Crippen molar-refractivity contribution in [3.8, 4) is 0 Å². The summed E-state index contributed by atoms with van der Waals surface area (Å²) >= 11 is 0. The lowest BCUT2D eigenvalue weighted by Crippen LogP contribution is -2.33. The molecule has 0 aliphatic heterocycles. The minimum absolute atomic E-state index is 0.0363. The zero-order valence-electron chi connectivity index (χ0n) is 13.1. The third-order valence-corrected chi connectivity index (χ3v) is 3.37. The van der Waals surface area contributed by atoms with Gasteiger partial charge in [-0.2, -0.15) is 13.2 Å². The molecular formula is C16H18F3N3O2. The maximum absolute atomic E-state index is 13.1. The molecule has 2 aromatic rings. The number of amides is 1. The summed E-state index contributed by atoms with van der Waals surface area (Å²) in [7, 11) is 1.82. The molecule has 0 bridgehead atoms. The second kappa shape index (κ2) is 7.96. The zero-order valence-corrected chi connectivity index (χ0v) is 13.1. The quantitative estimate of drug-likeness (QED) is 0.841. The Labute approximate surface area is 137 Å². The first-order chi connectivity index (χ1) is 11.4. The fourth-order valence-electron chi connectivity index (χ4n) is 2.17. The third kappa shape index (κ3) is 5.09. The van der Waals surface area contributed by atoms with E-state index in [1.54, 1.807) is 23.0 Å². The van der Waals surface area contributed by atoms with E-state index in [2.05, 4.69) is 10.3 Å². The number of aryl methyl sites for hydroxylation is 1. The number of ether oxygens (including phenoxy) is 1. The Hall–Kier alpha value is -2.35. The number of benzene rings is 1. The van der Waals surface area contributed by atoms with Crippen LogP contribution >= 0.6 is 0 Å². The van der Waals surface area contributed by atoms with Crippen LogP contribution in [0, 0.1) is 0 Å². The summed E-state index contributed by atoms with van der Waals surface area (Å²) in [5.41, 5.74) is -0.0363. The number of hydrogen-bond donors (Lipinski definition) is 1. The lowest BCUT2D eigenvalue weighted by atomic mass is 10.1. The van der Waals surface area contributed by atoms with Crippen LogP contribution in [0.25, 0.3) is 0 Å². The van der Waals surface area contributed by atoms with Crippen LogP contribution < -0.4 is 5.32 Å². The van der Waals surface area contributed by atoms with Crippen molar-refractivity contribution in [3.63, 3.8) is 0 Å². The monoisotopic (exact) mass is 341 g/mol. The second-order valence-electron chi connectivity index (χ2n) is 5.20. The van der Waals surface area contributed by atoms with Gasteiger partial charge in [0.15, 0.2) is 6.10 Å². The molecule has 0 aliphatic carbocycles. The van der Waals surface area contributed by atoms with Crippen molar-refractivity contribution in [2.24, 2.45) is 7.05 Å². The van der Waals surface area contributed by atoms with Gasteiger partial charge in [-0.15, -0.1) is 0 Å². The van der Waals surface area contributed by atoms with Crippen molar-refractivity contribution in [2.45, 2.75) is 18.7 Å². The Morgan fingerprint density at radius 2 is 2.04 bits per heavy atom. The van der Waals surface area contributed by atoms with Crippen LogP contribution in [0.1, 0.15) is 17.5 Å². The molecule has 1 aromatic heterocycles. The lowest BCUT2D eigenvalue weighted by molar-refractivity contribution is -0.223. The number of carbonyl (C=O) groups excluding carboxylic acids is 1. The molecule has 1 heterocycles. The Morgan fingerprint density at radius 1 is 1.33 bits per heavy atom. The molecule has 2 rings (SSSR count). The van der Waals surface area contributed by atoms with Gasteiger partial charge in [-0.1, -0.05) is 30.3 Å². The van der Waals surface area contributed by atoms with E-state index in [1.807, 2.05) is 7.05 Å². The van der Waals surface area contributed by atoms with Crippen molar-refractivity contribution in [1.82, 2.24) is 14.9 Å². The van der Waals surface area contributed by atoms with Crippen LogP contribution in [-0.2, 0) is 23.0 Å². The second-order valence-corrected chi connectivity index (χ2v) is 5.20. The predicted octanol–water partition coefficient (Wildman–Crippen LogP) is 2.40. The highest BCUT2D eigenvalue weighted by Gasteiger charge is 2.42. The smallest absolute Gasteiger partial charge is 0.354 e. The van der Waals surface area contributed by atoms with E-state index in [0.29, 0.717) is 6.42 Å². The highest BCUT2D eigenvalue weighted by molar-refractivity contribution is 5.77. The summed E-state index contributed by atoms with van der Waals surface area (Å²) in [5.74, 6) is 0.170. The molecule has 24 heavy (non-hydrogen) atoms. The minimum Gasteiger partial charge on any atom is -0.354 e. The van der Waals surface area contributed by atoms with Gasteiger partial charge in [0.05, 0.1) is 0 Å². The number of imidazole rings is 1. The van der Waals surface area contributed by atoms with E-state index in [0.717, 1.165) is 5.82 Å². The molecule has 1 aromatic carbocycles. The lowest BCUT2D eigenvalue weighted by Gasteiger charge is -2.21. The van der Waals surface area contributed by atoms with E-state index < -0.39 is 24.8 Å². The number of aromatic nitrogens is 2. The number of nitrogens with zero attached hydrogens (tertiary/aromatic N) is 2. The first kappa shape index (κ1) is 18.0. The van der Waals surface area contributed by atoms with Gasteiger partial charge in [-0.3, -0.25) is 4.79 Å². The van der Waals surface area contributed by atoms with E-state index in [1.165, 1.54) is 24.3 Å². The largest absolute Gasteiger partial charge is 0.418 e. The SMILES string of the molecule is Cn1ccnc1CCNC(=O)CO[C@@H](c1ccccc1)C(F)(F)F. The predicted molar refractivity (Wildman–Crippen MR) is 81.1 cm³/mol. The fraction of sp³-hybridized carbons (Fsp3) is 0.375. The molecule has 8 heteroatoms. The van der Waals surface area contributed by atoms with E-state index >= 15 is 0 Å². The van der Waals surface area contributed by atoms with Crippen LogP contribution in [0.4, 0.5) is 13.2 Å². The number of carbonyl (C=O) groups is 1. The molecule has 0 saturated heterocycles. The maximum atomic E-state index is 13.1. The summed E-state index contributed by atoms with van der Waals surface area (Å²) in [4.78, 5) is 15.8. The topological polar surface area (TPSA) is 56.2 Å². The molecule has 1 atom stereocenters. The van der Waals surface area contributed by atoms with E-state index in [4.69, 9.17) is 4.74 Å². The molecule has 130 valence electrons. The minimum atomic E-state index is -4.59. The standard InChI is InChI=1S/C16H18F3N3O2/c1-22-10-9-20-13(22)7-8-21-14(23)11-24-15(16(17,18)19)12-5-3-2-4-6-12/h2-6,9-10,15H,7-8,11H2,1H3,(H,21,23)/t15-/m0/s1. The molecular weight excluding hydrogens is 323 g/mol. The third-order valence-electron chi connectivity index (χ3n) is 3.37. The van der Waals surface area contributed by atoms with Gasteiger partial charge in [0.2, 0.25) is 5.91 Å². The van der Waals surface area contributed by atoms with Crippen LogP contribution in [-0.4, -0.2) is 34.8 Å². The average Bonchev–Trinajstić information content (AvgIpc) is 2.92. The Morgan fingerprint density at radius 3 is 2.62 bits per heavy atom. The normalized spacial score (nSPS) is 12.8. The van der Waals surface area contributed by atoms with Crippen molar-refractivity contribution >= 4 is 5.91 Å². The Balaban J connectivity index is 1.83. The highest BCUT2D eigenvalue weighted by Crippen LogP contribution is 2.35. The van der Waals surface area contributed by atoms with E-state index in [-0.39, 0.29) is 12.1 Å². The molecule has 0 spiro atoms. The molecule has 0 saturated carbocycles. The summed E-state index contributed by atoms with van der Waals surface area (Å²) in [6.45, 7) is -0.394. The number of nitrogens with one attached hydrogen (secondary N) is 1. The van der Waals surface area contributed by atoms with Crippen molar-refractivity contribution in [1.29, 1.82) is 0 Å². The molecule has 0 fully saturated rings. The molecule has 1 amide bonds. The number of rotatable bonds is 7. The molecule has 1 N–H and O–H groups in total. The Bertz CT molecular complexity index is 656. The molecule has 0 aliphatic rings. The number of hydrogen-bond acceptors (Lipinski definition) is 3. The average molecular weight is 341 g/mol. The zero-order chi connectivity index (χ0) is 17.6. The molecule has 0 radical (unpaired) electrons. The van der Waals surface area contributed by atoms with Crippen molar-refractivity contribution in [2.75, 3.05) is 13.2 Å². The summed E-state index contributed by atoms with van der Waals surface area (Å²) in [6.07, 6.45) is -2.83. The Kier molecular flexibility index (Phi) is 5.97. The number of alkyl halides is 3. The molecule has 5 nitrogen and oxygen atoms in total. The van der Waals surface area contributed by atoms with Gasteiger partial charge in [-0.25, -0.2) is 4.98 Å². The number of halogens is 3. The first-order valence-electron chi connectivity index (χ1n) is 7.34. The van der Waals surface area contributed by atoms with Crippen LogP contribution in [0.5, 0.6) is 0 Å². The summed E-state index contributed by atoms with van der Waals surface area (Å²) in [6, 6.07) is 7.23. The van der Waals surface area contributed by atoms with Crippen LogP contribution in [0.2, 0.25) is 0 Å². The first-order valence-corrected chi connectivity index (χ1v) is 7.34. The van der Waals surface area contributed by atoms with Crippen LogP contribution in [0.15, 0.2) is 42.7 Å². The van der Waals surface area contributed by atoms with Crippen molar-refractivity contribution in [3.05, 3.63) is 54.1 Å². The van der Waals surface area contributed by atoms with Gasteiger partial charge in [0.1, 0.15) is 12.4 Å². The molecule has 0 unspecified atom stereocenters. The highest BCUT2D eigenvalue weighted by atomic mass is 19.4. The van der Waals surface area contributed by atoms with Gasteiger partial charge in [0, 0.05) is 32.4 Å². The van der Waals surface area contributed by atoms with Gasteiger partial charge in [0.25, 0.3) is 0 Å².